The van der Waals surface area contributed by atoms with Crippen molar-refractivity contribution in [1.82, 2.24) is 4.90 Å². The summed E-state index contributed by atoms with van der Waals surface area (Å²) in [6.45, 7) is 8.41. The second kappa shape index (κ2) is 8.45. The molecule has 1 fully saturated rings. The molecule has 0 spiro atoms. The second-order valence-corrected chi connectivity index (χ2v) is 8.57. The van der Waals surface area contributed by atoms with Crippen molar-refractivity contribution in [2.45, 2.75) is 64.3 Å². The molecule has 6 heteroatoms. The van der Waals surface area contributed by atoms with Gasteiger partial charge in [0.2, 0.25) is 0 Å². The van der Waals surface area contributed by atoms with E-state index in [2.05, 4.69) is 39.6 Å². The lowest BCUT2D eigenvalue weighted by Crippen LogP contribution is -2.60. The van der Waals surface area contributed by atoms with Gasteiger partial charge >= 0.3 is 11.9 Å². The first-order valence-electron chi connectivity index (χ1n) is 9.45. The van der Waals surface area contributed by atoms with Gasteiger partial charge in [-0.2, -0.15) is 0 Å². The number of piperidine rings is 1. The van der Waals surface area contributed by atoms with E-state index in [-0.39, 0.29) is 29.4 Å². The van der Waals surface area contributed by atoms with Crippen LogP contribution in [-0.4, -0.2) is 53.3 Å². The van der Waals surface area contributed by atoms with Gasteiger partial charge in [-0.15, -0.1) is 0 Å². The zero-order valence-electron chi connectivity index (χ0n) is 17.6. The highest BCUT2D eigenvalue weighted by molar-refractivity contribution is 6.17. The molecule has 1 N–H and O–H groups in total. The molecule has 1 aromatic rings. The molecule has 1 aliphatic rings. The van der Waals surface area contributed by atoms with Crippen molar-refractivity contribution in [3.63, 3.8) is 0 Å². The van der Waals surface area contributed by atoms with Gasteiger partial charge < -0.3 is 14.6 Å². The summed E-state index contributed by atoms with van der Waals surface area (Å²) in [4.78, 5) is 27.3. The zero-order chi connectivity index (χ0) is 21.1. The quantitative estimate of drug-likeness (QED) is 0.361. The summed E-state index contributed by atoms with van der Waals surface area (Å²) < 4.78 is 10.5. The highest BCUT2D eigenvalue weighted by Crippen LogP contribution is 2.38. The molecular formula is C22H31NO5. The van der Waals surface area contributed by atoms with Gasteiger partial charge in [-0.3, -0.25) is 4.90 Å². The van der Waals surface area contributed by atoms with E-state index in [1.54, 1.807) is 24.3 Å². The van der Waals surface area contributed by atoms with E-state index in [1.165, 1.54) is 13.2 Å². The smallest absolute Gasteiger partial charge is 0.345 e. The van der Waals surface area contributed by atoms with Crippen LogP contribution in [0.3, 0.4) is 0 Å². The maximum atomic E-state index is 12.8. The highest BCUT2D eigenvalue weighted by Gasteiger charge is 2.44. The van der Waals surface area contributed by atoms with Gasteiger partial charge in [0.15, 0.2) is 0 Å². The van der Waals surface area contributed by atoms with Crippen LogP contribution in [0, 0.1) is 0 Å². The number of carbonyl (C=O) groups excluding carboxylic acids is 2. The maximum absolute atomic E-state index is 12.8. The van der Waals surface area contributed by atoms with E-state index in [0.717, 1.165) is 5.56 Å². The molecule has 1 aliphatic heterocycles. The van der Waals surface area contributed by atoms with E-state index in [4.69, 9.17) is 14.6 Å². The fourth-order valence-corrected chi connectivity index (χ4v) is 3.77. The standard InChI is InChI=1S/C22H31NO5/c1-21(2)12-17(13-22(3,4)23(21)5)28-20(26)18(19(25)27-6)11-15-7-9-16(14-24)10-8-15/h7-11,17,24H,12-14H2,1-6H3/b18-11+. The van der Waals surface area contributed by atoms with E-state index >= 15 is 0 Å². The Hall–Kier alpha value is -2.18. The molecule has 2 rings (SSSR count). The van der Waals surface area contributed by atoms with Crippen molar-refractivity contribution in [3.8, 4) is 0 Å². The van der Waals surface area contributed by atoms with Crippen molar-refractivity contribution in [1.29, 1.82) is 0 Å². The molecule has 0 bridgehead atoms. The minimum Gasteiger partial charge on any atom is -0.465 e. The van der Waals surface area contributed by atoms with Gasteiger partial charge in [-0.25, -0.2) is 9.59 Å². The van der Waals surface area contributed by atoms with Gasteiger partial charge in [0, 0.05) is 23.9 Å². The Balaban J connectivity index is 2.23. The summed E-state index contributed by atoms with van der Waals surface area (Å²) >= 11 is 0. The monoisotopic (exact) mass is 389 g/mol. The first kappa shape index (κ1) is 22.1. The number of benzene rings is 1. The van der Waals surface area contributed by atoms with Crippen LogP contribution in [0.5, 0.6) is 0 Å². The number of rotatable bonds is 5. The summed E-state index contributed by atoms with van der Waals surface area (Å²) in [5.74, 6) is -1.41. The van der Waals surface area contributed by atoms with Crippen LogP contribution in [0.25, 0.3) is 6.08 Å². The molecule has 0 unspecified atom stereocenters. The van der Waals surface area contributed by atoms with Crippen molar-refractivity contribution in [2.75, 3.05) is 14.2 Å². The van der Waals surface area contributed by atoms with Crippen molar-refractivity contribution in [2.24, 2.45) is 0 Å². The molecule has 28 heavy (non-hydrogen) atoms. The fourth-order valence-electron chi connectivity index (χ4n) is 3.77. The number of likely N-dealkylation sites (tertiary alicyclic amines) is 1. The number of hydrogen-bond donors (Lipinski definition) is 1. The summed E-state index contributed by atoms with van der Waals surface area (Å²) in [5.41, 5.74) is 0.978. The van der Waals surface area contributed by atoms with Crippen LogP contribution in [0.15, 0.2) is 29.8 Å². The number of hydrogen-bond acceptors (Lipinski definition) is 6. The molecule has 1 heterocycles. The lowest BCUT2D eigenvalue weighted by atomic mass is 9.78. The Labute approximate surface area is 167 Å². The Kier molecular flexibility index (Phi) is 6.67. The molecule has 1 saturated heterocycles. The lowest BCUT2D eigenvalue weighted by Gasteiger charge is -2.53. The molecule has 0 aliphatic carbocycles. The minimum atomic E-state index is -0.734. The van der Waals surface area contributed by atoms with Crippen molar-refractivity contribution in [3.05, 3.63) is 41.0 Å². The molecule has 154 valence electrons. The van der Waals surface area contributed by atoms with Crippen LogP contribution in [0.4, 0.5) is 0 Å². The summed E-state index contributed by atoms with van der Waals surface area (Å²) in [7, 11) is 3.31. The number of methoxy groups -OCH3 is 1. The largest absolute Gasteiger partial charge is 0.465 e. The van der Waals surface area contributed by atoms with Crippen LogP contribution in [0.2, 0.25) is 0 Å². The van der Waals surface area contributed by atoms with E-state index in [9.17, 15) is 9.59 Å². The number of esters is 2. The number of aliphatic hydroxyl groups excluding tert-OH is 1. The van der Waals surface area contributed by atoms with Crippen molar-refractivity contribution < 1.29 is 24.2 Å². The second-order valence-electron chi connectivity index (χ2n) is 8.57. The average Bonchev–Trinajstić information content (AvgIpc) is 2.63. The number of nitrogens with zero attached hydrogens (tertiary/aromatic N) is 1. The molecule has 0 atom stereocenters. The predicted molar refractivity (Wildman–Crippen MR) is 107 cm³/mol. The van der Waals surface area contributed by atoms with E-state index < -0.39 is 11.9 Å². The van der Waals surface area contributed by atoms with Gasteiger partial charge in [0.05, 0.1) is 13.7 Å². The van der Waals surface area contributed by atoms with E-state index in [0.29, 0.717) is 18.4 Å². The van der Waals surface area contributed by atoms with Gasteiger partial charge in [-0.05, 0) is 51.9 Å². The first-order valence-corrected chi connectivity index (χ1v) is 9.45. The van der Waals surface area contributed by atoms with Crippen LogP contribution in [0.1, 0.15) is 51.7 Å². The summed E-state index contributed by atoms with van der Waals surface area (Å²) in [5, 5.41) is 9.14. The Morgan fingerprint density at radius 2 is 1.64 bits per heavy atom. The maximum Gasteiger partial charge on any atom is 0.345 e. The number of aliphatic hydroxyl groups is 1. The zero-order valence-corrected chi connectivity index (χ0v) is 17.6. The Morgan fingerprint density at radius 3 is 2.11 bits per heavy atom. The third-order valence-corrected chi connectivity index (χ3v) is 5.64. The Bertz CT molecular complexity index is 731. The summed E-state index contributed by atoms with van der Waals surface area (Å²) in [6.07, 6.45) is 2.52. The molecule has 0 saturated carbocycles. The number of ether oxygens (including phenoxy) is 2. The van der Waals surface area contributed by atoms with Crippen LogP contribution >= 0.6 is 0 Å². The van der Waals surface area contributed by atoms with Crippen LogP contribution < -0.4 is 0 Å². The topological polar surface area (TPSA) is 76.1 Å². The number of carbonyl (C=O) groups is 2. The SMILES string of the molecule is COC(=O)/C(=C\c1ccc(CO)cc1)C(=O)OC1CC(C)(C)N(C)C(C)(C)C1. The minimum absolute atomic E-state index is 0.0718. The molecule has 0 amide bonds. The summed E-state index contributed by atoms with van der Waals surface area (Å²) in [6, 6.07) is 6.91. The van der Waals surface area contributed by atoms with Crippen LogP contribution in [-0.2, 0) is 25.7 Å². The predicted octanol–water partition coefficient (Wildman–Crippen LogP) is 2.93. The molecular weight excluding hydrogens is 358 g/mol. The average molecular weight is 389 g/mol. The normalized spacial score (nSPS) is 19.9. The van der Waals surface area contributed by atoms with Gasteiger partial charge in [0.25, 0.3) is 0 Å². The van der Waals surface area contributed by atoms with Gasteiger partial charge in [0.1, 0.15) is 11.7 Å². The first-order chi connectivity index (χ1) is 13.0. The molecule has 1 aromatic carbocycles. The fraction of sp³-hybridized carbons (Fsp3) is 0.545. The molecule has 6 nitrogen and oxygen atoms in total. The molecule has 0 aromatic heterocycles. The van der Waals surface area contributed by atoms with E-state index in [1.807, 2.05) is 0 Å². The highest BCUT2D eigenvalue weighted by atomic mass is 16.6. The third-order valence-electron chi connectivity index (χ3n) is 5.64. The van der Waals surface area contributed by atoms with Gasteiger partial charge in [-0.1, -0.05) is 24.3 Å². The Morgan fingerprint density at radius 1 is 1.11 bits per heavy atom. The molecule has 0 radical (unpaired) electrons. The third kappa shape index (κ3) is 5.00. The lowest BCUT2D eigenvalue weighted by molar-refractivity contribution is -0.156. The van der Waals surface area contributed by atoms with Crippen molar-refractivity contribution >= 4 is 18.0 Å².